The number of carbonyl (C=O) groups excluding carboxylic acids is 1. The van der Waals surface area contributed by atoms with E-state index in [1.165, 1.54) is 186 Å². The van der Waals surface area contributed by atoms with E-state index in [9.17, 15) is 33.1 Å². The van der Waals surface area contributed by atoms with Crippen LogP contribution >= 0.6 is 0 Å². The molecule has 0 amide bonds. The summed E-state index contributed by atoms with van der Waals surface area (Å²) in [4.78, 5) is 12.9. The van der Waals surface area contributed by atoms with Crippen molar-refractivity contribution in [2.45, 2.75) is 288 Å². The van der Waals surface area contributed by atoms with Crippen molar-refractivity contribution in [2.75, 3.05) is 26.4 Å². The smallest absolute Gasteiger partial charge is 0.397 e. The Morgan fingerprint density at radius 3 is 1.38 bits per heavy atom. The zero-order chi connectivity index (χ0) is 47.5. The lowest BCUT2D eigenvalue weighted by Gasteiger charge is -2.41. The summed E-state index contributed by atoms with van der Waals surface area (Å²) in [6.07, 6.45) is 41.0. The second kappa shape index (κ2) is 44.1. The lowest BCUT2D eigenvalue weighted by Crippen LogP contribution is -2.60. The lowest BCUT2D eigenvalue weighted by molar-refractivity contribution is -0.301. The number of aliphatic hydroxyl groups is 3. The number of unbranched alkanes of at least 4 members (excludes halogenated alkanes) is 33. The molecular weight excluding hydrogens is 849 g/mol. The summed E-state index contributed by atoms with van der Waals surface area (Å²) in [5.41, 5.74) is 0. The first-order valence-corrected chi connectivity index (χ1v) is 28.3. The number of carbonyl (C=O) groups is 1. The first-order chi connectivity index (χ1) is 31.6. The molecule has 0 aliphatic carbocycles. The van der Waals surface area contributed by atoms with Crippen LogP contribution in [0.2, 0.25) is 0 Å². The van der Waals surface area contributed by atoms with Crippen LogP contribution in [-0.4, -0.2) is 97.5 Å². The summed E-state index contributed by atoms with van der Waals surface area (Å²) in [6.45, 7) is 4.05. The number of aliphatic hydroxyl groups excluding tert-OH is 3. The van der Waals surface area contributed by atoms with Gasteiger partial charge in [-0.3, -0.25) is 9.35 Å². The summed E-state index contributed by atoms with van der Waals surface area (Å²) < 4.78 is 59.3. The average molecular weight is 949 g/mol. The van der Waals surface area contributed by atoms with Crippen LogP contribution in [0.1, 0.15) is 251 Å². The quantitative estimate of drug-likeness (QED) is 0.0197. The van der Waals surface area contributed by atoms with E-state index in [0.29, 0.717) is 13.0 Å². The van der Waals surface area contributed by atoms with Gasteiger partial charge in [0.2, 0.25) is 0 Å². The van der Waals surface area contributed by atoms with Gasteiger partial charge in [-0.25, -0.2) is 4.18 Å². The topological polar surface area (TPSA) is 178 Å². The van der Waals surface area contributed by atoms with Gasteiger partial charge in [-0.15, -0.1) is 0 Å². The van der Waals surface area contributed by atoms with E-state index in [1.54, 1.807) is 0 Å². The molecule has 0 radical (unpaired) electrons. The molecule has 1 saturated heterocycles. The fourth-order valence-corrected chi connectivity index (χ4v) is 9.06. The average Bonchev–Trinajstić information content (AvgIpc) is 3.28. The maximum atomic E-state index is 12.9. The van der Waals surface area contributed by atoms with Crippen molar-refractivity contribution in [1.29, 1.82) is 0 Å². The van der Waals surface area contributed by atoms with Crippen molar-refractivity contribution in [3.63, 3.8) is 0 Å². The Hall–Kier alpha value is -1.16. The van der Waals surface area contributed by atoms with Crippen LogP contribution in [0.5, 0.6) is 0 Å². The second-order valence-electron chi connectivity index (χ2n) is 18.8. The molecule has 1 aliphatic heterocycles. The molecule has 6 unspecified atom stereocenters. The molecule has 0 saturated carbocycles. The molecule has 65 heavy (non-hydrogen) atoms. The van der Waals surface area contributed by atoms with Gasteiger partial charge in [-0.2, -0.15) is 8.42 Å². The van der Waals surface area contributed by atoms with Crippen molar-refractivity contribution in [3.05, 3.63) is 12.2 Å². The van der Waals surface area contributed by atoms with E-state index in [4.69, 9.17) is 18.9 Å². The maximum Gasteiger partial charge on any atom is 0.397 e. The van der Waals surface area contributed by atoms with Crippen LogP contribution in [0, 0.1) is 0 Å². The SMILES string of the molecule is CCCCCCCCCC/C=C\CCCCCCCCCCCCCC(=O)OC(COCCCCCCCCCCCCCCCCC)COC1OC(CO)C(O)C(OS(=O)(=O)O)C1O. The standard InChI is InChI=1S/C52H100O12S/c1-3-5-7-9-11-13-15-17-19-20-21-22-23-24-25-26-27-29-31-33-35-37-39-41-48(54)62-46(45-61-52-50(56)51(64-65(57,58)59)49(55)47(43-53)63-52)44-60-42-40-38-36-34-32-30-28-18-16-14-12-10-8-6-4-2/h20-21,46-47,49-53,55-56H,3-19,22-45H2,1-2H3,(H,57,58,59)/b21-20-. The summed E-state index contributed by atoms with van der Waals surface area (Å²) in [5.74, 6) is -0.394. The van der Waals surface area contributed by atoms with E-state index < -0.39 is 59.8 Å². The third-order valence-corrected chi connectivity index (χ3v) is 13.1. The minimum atomic E-state index is -5.06. The van der Waals surface area contributed by atoms with Crippen LogP contribution in [0.15, 0.2) is 12.2 Å². The summed E-state index contributed by atoms with van der Waals surface area (Å²) in [5, 5.41) is 30.8. The Bertz CT molecular complexity index is 1190. The van der Waals surface area contributed by atoms with Crippen LogP contribution in [-0.2, 0) is 38.3 Å². The highest BCUT2D eigenvalue weighted by Crippen LogP contribution is 2.26. The van der Waals surface area contributed by atoms with E-state index >= 15 is 0 Å². The highest BCUT2D eigenvalue weighted by atomic mass is 32.3. The molecule has 0 aromatic heterocycles. The Balaban J connectivity index is 2.31. The molecule has 1 aliphatic rings. The molecule has 1 heterocycles. The molecule has 6 atom stereocenters. The normalized spacial score (nSPS) is 19.6. The minimum Gasteiger partial charge on any atom is -0.457 e. The van der Waals surface area contributed by atoms with E-state index in [-0.39, 0.29) is 19.6 Å². The van der Waals surface area contributed by atoms with Gasteiger partial charge in [0.25, 0.3) is 0 Å². The van der Waals surface area contributed by atoms with E-state index in [0.717, 1.165) is 38.5 Å². The molecule has 0 bridgehead atoms. The van der Waals surface area contributed by atoms with Gasteiger partial charge in [0, 0.05) is 13.0 Å². The third kappa shape index (κ3) is 37.4. The molecular formula is C52H100O12S. The minimum absolute atomic E-state index is 0.0423. The van der Waals surface area contributed by atoms with Gasteiger partial charge in [0.15, 0.2) is 6.29 Å². The fraction of sp³-hybridized carbons (Fsp3) is 0.942. The van der Waals surface area contributed by atoms with Crippen molar-refractivity contribution in [1.82, 2.24) is 0 Å². The number of hydrogen-bond acceptors (Lipinski definition) is 11. The molecule has 1 rings (SSSR count). The summed E-state index contributed by atoms with van der Waals surface area (Å²) in [6, 6.07) is 0. The Morgan fingerprint density at radius 1 is 0.569 bits per heavy atom. The van der Waals surface area contributed by atoms with Crippen molar-refractivity contribution < 1.29 is 56.2 Å². The molecule has 4 N–H and O–H groups in total. The first kappa shape index (κ1) is 61.9. The monoisotopic (exact) mass is 949 g/mol. The third-order valence-electron chi connectivity index (χ3n) is 12.6. The molecule has 1 fully saturated rings. The summed E-state index contributed by atoms with van der Waals surface area (Å²) >= 11 is 0. The molecule has 386 valence electrons. The van der Waals surface area contributed by atoms with Gasteiger partial charge < -0.3 is 34.3 Å². The molecule has 13 heteroatoms. The molecule has 12 nitrogen and oxygen atoms in total. The Labute approximate surface area is 398 Å². The van der Waals surface area contributed by atoms with Crippen LogP contribution in [0.25, 0.3) is 0 Å². The largest absolute Gasteiger partial charge is 0.457 e. The number of allylic oxidation sites excluding steroid dienone is 2. The Morgan fingerprint density at radius 2 is 0.969 bits per heavy atom. The van der Waals surface area contributed by atoms with Gasteiger partial charge in [0.1, 0.15) is 30.5 Å². The fourth-order valence-electron chi connectivity index (χ4n) is 8.55. The summed E-state index contributed by atoms with van der Waals surface area (Å²) in [7, 11) is -5.06. The lowest BCUT2D eigenvalue weighted by atomic mass is 9.99. The van der Waals surface area contributed by atoms with Gasteiger partial charge in [-0.05, 0) is 38.5 Å². The number of esters is 1. The van der Waals surface area contributed by atoms with Crippen molar-refractivity contribution in [2.24, 2.45) is 0 Å². The van der Waals surface area contributed by atoms with E-state index in [1.807, 2.05) is 0 Å². The second-order valence-corrected chi connectivity index (χ2v) is 19.9. The molecule has 0 aromatic carbocycles. The van der Waals surface area contributed by atoms with Gasteiger partial charge in [0.05, 0.1) is 19.8 Å². The zero-order valence-electron chi connectivity index (χ0n) is 41.6. The van der Waals surface area contributed by atoms with Crippen molar-refractivity contribution in [3.8, 4) is 0 Å². The maximum absolute atomic E-state index is 12.9. The highest BCUT2D eigenvalue weighted by Gasteiger charge is 2.48. The van der Waals surface area contributed by atoms with Crippen LogP contribution < -0.4 is 0 Å². The molecule has 0 aromatic rings. The predicted octanol–water partition coefficient (Wildman–Crippen LogP) is 12.6. The number of ether oxygens (including phenoxy) is 4. The predicted molar refractivity (Wildman–Crippen MR) is 262 cm³/mol. The van der Waals surface area contributed by atoms with Crippen molar-refractivity contribution >= 4 is 16.4 Å². The van der Waals surface area contributed by atoms with Gasteiger partial charge in [-0.1, -0.05) is 219 Å². The first-order valence-electron chi connectivity index (χ1n) is 26.9. The van der Waals surface area contributed by atoms with Gasteiger partial charge >= 0.3 is 16.4 Å². The van der Waals surface area contributed by atoms with E-state index in [2.05, 4.69) is 30.2 Å². The zero-order valence-corrected chi connectivity index (χ0v) is 42.4. The number of rotatable bonds is 48. The highest BCUT2D eigenvalue weighted by molar-refractivity contribution is 7.80. The van der Waals surface area contributed by atoms with Crippen LogP contribution in [0.4, 0.5) is 0 Å². The number of hydrogen-bond donors (Lipinski definition) is 4. The Kier molecular flexibility index (Phi) is 41.9. The molecule has 0 spiro atoms. The van der Waals surface area contributed by atoms with Crippen LogP contribution in [0.3, 0.4) is 0 Å².